The molecule has 0 atom stereocenters. The van der Waals surface area contributed by atoms with E-state index in [-0.39, 0.29) is 11.9 Å². The van der Waals surface area contributed by atoms with Gasteiger partial charge in [-0.2, -0.15) is 0 Å². The van der Waals surface area contributed by atoms with Crippen LogP contribution in [0.5, 0.6) is 0 Å². The third kappa shape index (κ3) is 4.42. The minimum Gasteiger partial charge on any atom is -0.366 e. The number of nitrogens with zero attached hydrogens (tertiary/aromatic N) is 2. The van der Waals surface area contributed by atoms with Crippen molar-refractivity contribution in [3.05, 3.63) is 59.2 Å². The Kier molecular flexibility index (Phi) is 6.21. The summed E-state index contributed by atoms with van der Waals surface area (Å²) in [7, 11) is 0. The highest BCUT2D eigenvalue weighted by Crippen LogP contribution is 2.31. The fraction of sp³-hybridized carbons (Fsp3) is 0.417. The van der Waals surface area contributed by atoms with Crippen LogP contribution in [0.2, 0.25) is 0 Å². The van der Waals surface area contributed by atoms with E-state index in [4.69, 9.17) is 0 Å². The Labute approximate surface area is 178 Å². The molecule has 0 unspecified atom stereocenters. The molecular weight excluding hydrogens is 376 g/mol. The molecule has 0 spiro atoms. The van der Waals surface area contributed by atoms with Gasteiger partial charge in [0.2, 0.25) is 0 Å². The number of amides is 3. The van der Waals surface area contributed by atoms with Crippen LogP contribution in [0, 0.1) is 0 Å². The molecule has 4 rings (SSSR count). The molecule has 0 aromatic heterocycles. The summed E-state index contributed by atoms with van der Waals surface area (Å²) in [6, 6.07) is 14.0. The van der Waals surface area contributed by atoms with Crippen molar-refractivity contribution in [2.45, 2.75) is 39.2 Å². The molecule has 1 saturated heterocycles. The van der Waals surface area contributed by atoms with Crippen molar-refractivity contribution in [2.75, 3.05) is 36.4 Å². The van der Waals surface area contributed by atoms with Gasteiger partial charge in [-0.1, -0.05) is 24.3 Å². The summed E-state index contributed by atoms with van der Waals surface area (Å²) in [6.07, 6.45) is 4.24. The van der Waals surface area contributed by atoms with Crippen LogP contribution in [0.1, 0.15) is 47.7 Å². The van der Waals surface area contributed by atoms with E-state index in [1.807, 2.05) is 30.0 Å². The second-order valence-electron chi connectivity index (χ2n) is 8.01. The maximum Gasteiger partial charge on any atom is 0.319 e. The lowest BCUT2D eigenvalue weighted by Crippen LogP contribution is -2.38. The number of rotatable bonds is 4. The summed E-state index contributed by atoms with van der Waals surface area (Å²) in [6.45, 7) is 5.70. The zero-order valence-corrected chi connectivity index (χ0v) is 17.6. The number of anilines is 2. The Morgan fingerprint density at radius 2 is 1.73 bits per heavy atom. The molecule has 2 heterocycles. The Bertz CT molecular complexity index is 921. The quantitative estimate of drug-likeness (QED) is 0.806. The van der Waals surface area contributed by atoms with Crippen molar-refractivity contribution in [1.82, 2.24) is 10.2 Å². The fourth-order valence-corrected chi connectivity index (χ4v) is 4.37. The van der Waals surface area contributed by atoms with E-state index < -0.39 is 0 Å². The van der Waals surface area contributed by atoms with Gasteiger partial charge in [-0.15, -0.1) is 0 Å². The van der Waals surface area contributed by atoms with E-state index in [2.05, 4.69) is 39.8 Å². The number of hydrogen-bond donors (Lipinski definition) is 2. The van der Waals surface area contributed by atoms with Crippen molar-refractivity contribution in [1.29, 1.82) is 0 Å². The highest BCUT2D eigenvalue weighted by Gasteiger charge is 2.25. The summed E-state index contributed by atoms with van der Waals surface area (Å²) in [5.74, 6) is 0.0584. The molecule has 2 aliphatic heterocycles. The number of carbonyl (C=O) groups is 2. The molecule has 158 valence electrons. The van der Waals surface area contributed by atoms with Crippen LogP contribution in [0.4, 0.5) is 16.2 Å². The van der Waals surface area contributed by atoms with E-state index in [0.717, 1.165) is 51.1 Å². The normalized spacial score (nSPS) is 16.0. The van der Waals surface area contributed by atoms with Gasteiger partial charge in [-0.25, -0.2) is 4.79 Å². The first-order valence-corrected chi connectivity index (χ1v) is 11.0. The number of fused-ring (bicyclic) bond motifs is 1. The first kappa shape index (κ1) is 20.3. The number of likely N-dealkylation sites (tertiary alicyclic amines) is 1. The molecule has 30 heavy (non-hydrogen) atoms. The monoisotopic (exact) mass is 406 g/mol. The molecule has 0 aliphatic carbocycles. The minimum atomic E-state index is -0.256. The Morgan fingerprint density at radius 1 is 0.967 bits per heavy atom. The number of hydrogen-bond acceptors (Lipinski definition) is 3. The van der Waals surface area contributed by atoms with Gasteiger partial charge in [-0.05, 0) is 61.9 Å². The molecule has 6 heteroatoms. The van der Waals surface area contributed by atoms with Crippen molar-refractivity contribution in [3.63, 3.8) is 0 Å². The smallest absolute Gasteiger partial charge is 0.319 e. The minimum absolute atomic E-state index is 0.0584. The molecule has 1 fully saturated rings. The molecule has 6 nitrogen and oxygen atoms in total. The number of piperidine rings is 1. The van der Waals surface area contributed by atoms with Crippen LogP contribution >= 0.6 is 0 Å². The number of carbonyl (C=O) groups excluding carboxylic acids is 2. The summed E-state index contributed by atoms with van der Waals surface area (Å²) in [5.41, 5.74) is 4.95. The lowest BCUT2D eigenvalue weighted by Gasteiger charge is -2.34. The predicted octanol–water partition coefficient (Wildman–Crippen LogP) is 4.02. The summed E-state index contributed by atoms with van der Waals surface area (Å²) in [4.78, 5) is 29.7. The van der Waals surface area contributed by atoms with Gasteiger partial charge in [0.25, 0.3) is 5.91 Å². The highest BCUT2D eigenvalue weighted by atomic mass is 16.2. The zero-order chi connectivity index (χ0) is 20.9. The van der Waals surface area contributed by atoms with Crippen molar-refractivity contribution >= 4 is 23.3 Å². The van der Waals surface area contributed by atoms with E-state index in [1.54, 1.807) is 0 Å². The lowest BCUT2D eigenvalue weighted by molar-refractivity contribution is 0.0725. The molecule has 3 amide bonds. The van der Waals surface area contributed by atoms with Crippen LogP contribution in [-0.2, 0) is 13.0 Å². The lowest BCUT2D eigenvalue weighted by atomic mass is 9.98. The van der Waals surface area contributed by atoms with Crippen LogP contribution < -0.4 is 15.5 Å². The zero-order valence-electron chi connectivity index (χ0n) is 17.6. The molecule has 2 aliphatic rings. The Hall–Kier alpha value is -3.02. The van der Waals surface area contributed by atoms with Crippen molar-refractivity contribution in [3.8, 4) is 0 Å². The van der Waals surface area contributed by atoms with Crippen molar-refractivity contribution in [2.24, 2.45) is 0 Å². The van der Waals surface area contributed by atoms with Crippen LogP contribution in [-0.4, -0.2) is 43.0 Å². The van der Waals surface area contributed by atoms with E-state index >= 15 is 0 Å². The first-order valence-electron chi connectivity index (χ1n) is 11.0. The molecule has 2 aromatic rings. The number of nitrogens with one attached hydrogen (secondary N) is 2. The van der Waals surface area contributed by atoms with E-state index in [0.29, 0.717) is 17.8 Å². The van der Waals surface area contributed by atoms with Gasteiger partial charge < -0.3 is 20.4 Å². The third-order valence-corrected chi connectivity index (χ3v) is 5.94. The molecular formula is C24H30N4O2. The topological polar surface area (TPSA) is 64.7 Å². The predicted molar refractivity (Wildman–Crippen MR) is 120 cm³/mol. The average Bonchev–Trinajstić information content (AvgIpc) is 2.79. The molecule has 2 N–H and O–H groups in total. The van der Waals surface area contributed by atoms with Gasteiger partial charge in [0, 0.05) is 44.1 Å². The van der Waals surface area contributed by atoms with Crippen molar-refractivity contribution < 1.29 is 9.59 Å². The molecule has 0 radical (unpaired) electrons. The highest BCUT2D eigenvalue weighted by molar-refractivity contribution is 6.02. The third-order valence-electron chi connectivity index (χ3n) is 5.94. The fourth-order valence-electron chi connectivity index (χ4n) is 4.37. The maximum atomic E-state index is 13.4. The molecule has 2 aromatic carbocycles. The summed E-state index contributed by atoms with van der Waals surface area (Å²) in [5, 5.41) is 5.59. The second kappa shape index (κ2) is 9.20. The molecule has 0 saturated carbocycles. The largest absolute Gasteiger partial charge is 0.366 e. The van der Waals surface area contributed by atoms with Gasteiger partial charge in [0.1, 0.15) is 0 Å². The van der Waals surface area contributed by atoms with Gasteiger partial charge in [-0.3, -0.25) is 4.79 Å². The SMILES string of the molecule is CCNC(=O)Nc1ccc(N2CCc3ccccc3C2)c(C(=O)N2CCCCC2)c1. The summed E-state index contributed by atoms with van der Waals surface area (Å²) >= 11 is 0. The Morgan fingerprint density at radius 3 is 2.50 bits per heavy atom. The number of benzene rings is 2. The van der Waals surface area contributed by atoms with Crippen LogP contribution in [0.15, 0.2) is 42.5 Å². The van der Waals surface area contributed by atoms with E-state index in [1.165, 1.54) is 17.5 Å². The standard InChI is InChI=1S/C24H30N4O2/c1-2-25-24(30)26-20-10-11-22(21(16-20)23(29)27-13-6-3-7-14-27)28-15-12-18-8-4-5-9-19(18)17-28/h4-5,8-11,16H,2-3,6-7,12-15,17H2,1H3,(H2,25,26,30). The maximum absolute atomic E-state index is 13.4. The Balaban J connectivity index is 1.64. The van der Waals surface area contributed by atoms with Crippen LogP contribution in [0.3, 0.4) is 0 Å². The van der Waals surface area contributed by atoms with Gasteiger partial charge in [0.05, 0.1) is 5.56 Å². The van der Waals surface area contributed by atoms with E-state index in [9.17, 15) is 9.59 Å². The molecule has 0 bridgehead atoms. The van der Waals surface area contributed by atoms with Gasteiger partial charge >= 0.3 is 6.03 Å². The first-order chi connectivity index (χ1) is 14.7. The number of urea groups is 1. The average molecular weight is 407 g/mol. The second-order valence-corrected chi connectivity index (χ2v) is 8.01. The summed E-state index contributed by atoms with van der Waals surface area (Å²) < 4.78 is 0. The van der Waals surface area contributed by atoms with Crippen LogP contribution in [0.25, 0.3) is 0 Å². The van der Waals surface area contributed by atoms with Gasteiger partial charge in [0.15, 0.2) is 0 Å².